The van der Waals surface area contributed by atoms with Crippen LogP contribution in [0.25, 0.3) is 0 Å². The molecule has 1 heterocycles. The number of nitrogens with zero attached hydrogens (tertiary/aromatic N) is 2. The van der Waals surface area contributed by atoms with Crippen LogP contribution in [0.15, 0.2) is 24.3 Å². The molecule has 1 aromatic carbocycles. The van der Waals surface area contributed by atoms with E-state index in [4.69, 9.17) is 0 Å². The molecule has 1 aliphatic rings. The Morgan fingerprint density at radius 2 is 2.00 bits per heavy atom. The molecule has 0 N–H and O–H groups in total. The maximum Gasteiger partial charge on any atom is 0.253 e. The molecule has 1 atom stereocenters. The van der Waals surface area contributed by atoms with Gasteiger partial charge in [-0.05, 0) is 62.9 Å². The molecule has 1 saturated heterocycles. The van der Waals surface area contributed by atoms with E-state index in [0.717, 1.165) is 18.7 Å². The Morgan fingerprint density at radius 1 is 1.29 bits per heavy atom. The van der Waals surface area contributed by atoms with Crippen molar-refractivity contribution in [1.82, 2.24) is 9.80 Å². The van der Waals surface area contributed by atoms with E-state index in [0.29, 0.717) is 12.0 Å². The van der Waals surface area contributed by atoms with Gasteiger partial charge in [0, 0.05) is 25.2 Å². The first-order chi connectivity index (χ1) is 11.6. The monoisotopic (exact) mass is 330 g/mol. The highest BCUT2D eigenvalue weighted by Crippen LogP contribution is 2.27. The summed E-state index contributed by atoms with van der Waals surface area (Å²) in [6.07, 6.45) is 7.23. The lowest BCUT2D eigenvalue weighted by atomic mass is 9.89. The molecule has 3 nitrogen and oxygen atoms in total. The van der Waals surface area contributed by atoms with Crippen molar-refractivity contribution in [3.63, 3.8) is 0 Å². The van der Waals surface area contributed by atoms with Crippen molar-refractivity contribution in [2.45, 2.75) is 64.3 Å². The third-order valence-corrected chi connectivity index (χ3v) is 5.38. The van der Waals surface area contributed by atoms with Crippen molar-refractivity contribution < 1.29 is 4.79 Å². The van der Waals surface area contributed by atoms with Crippen LogP contribution in [0.1, 0.15) is 74.2 Å². The van der Waals surface area contributed by atoms with Gasteiger partial charge < -0.3 is 9.80 Å². The molecule has 3 heteroatoms. The minimum Gasteiger partial charge on any atom is -0.340 e. The molecule has 0 bridgehead atoms. The van der Waals surface area contributed by atoms with Crippen LogP contribution in [0.5, 0.6) is 0 Å². The van der Waals surface area contributed by atoms with E-state index in [9.17, 15) is 4.79 Å². The maximum atomic E-state index is 12.8. The molecule has 1 fully saturated rings. The summed E-state index contributed by atoms with van der Waals surface area (Å²) in [5.41, 5.74) is 2.17. The van der Waals surface area contributed by atoms with E-state index >= 15 is 0 Å². The summed E-state index contributed by atoms with van der Waals surface area (Å²) in [5.74, 6) is 0.739. The first kappa shape index (κ1) is 19.0. The van der Waals surface area contributed by atoms with Gasteiger partial charge in [-0.3, -0.25) is 4.79 Å². The van der Waals surface area contributed by atoms with Crippen LogP contribution in [0.2, 0.25) is 0 Å². The zero-order valence-corrected chi connectivity index (χ0v) is 15.9. The second-order valence-corrected chi connectivity index (χ2v) is 7.36. The Morgan fingerprint density at radius 3 is 2.58 bits per heavy atom. The molecule has 0 saturated carbocycles. The van der Waals surface area contributed by atoms with Crippen molar-refractivity contribution >= 4 is 5.91 Å². The zero-order valence-electron chi connectivity index (χ0n) is 15.9. The highest BCUT2D eigenvalue weighted by molar-refractivity contribution is 5.94. The standard InChI is InChI=1S/C21H34N2O/c1-5-9-17(10-6-2)18-11-7-12-19(15-18)21(24)23(4)16-20-13-8-14-22(20)3/h7,11-12,15,17,20H,5-6,8-10,13-14,16H2,1-4H3. The topological polar surface area (TPSA) is 23.6 Å². The smallest absolute Gasteiger partial charge is 0.253 e. The quantitative estimate of drug-likeness (QED) is 0.699. The third-order valence-electron chi connectivity index (χ3n) is 5.38. The molecule has 0 spiro atoms. The number of hydrogen-bond acceptors (Lipinski definition) is 2. The highest BCUT2D eigenvalue weighted by Gasteiger charge is 2.24. The zero-order chi connectivity index (χ0) is 17.5. The predicted molar refractivity (Wildman–Crippen MR) is 102 cm³/mol. The lowest BCUT2D eigenvalue weighted by molar-refractivity contribution is 0.0761. The van der Waals surface area contributed by atoms with E-state index in [1.807, 2.05) is 18.0 Å². The van der Waals surface area contributed by atoms with Crippen LogP contribution in [-0.2, 0) is 0 Å². The summed E-state index contributed by atoms with van der Waals surface area (Å²) in [7, 11) is 4.10. The minimum absolute atomic E-state index is 0.156. The largest absolute Gasteiger partial charge is 0.340 e. The molecular formula is C21H34N2O. The fourth-order valence-electron chi connectivity index (χ4n) is 3.93. The molecule has 1 unspecified atom stereocenters. The molecule has 1 aliphatic heterocycles. The van der Waals surface area contributed by atoms with Crippen LogP contribution in [0.4, 0.5) is 0 Å². The Balaban J connectivity index is 2.07. The van der Waals surface area contributed by atoms with Gasteiger partial charge in [0.15, 0.2) is 0 Å². The molecule has 0 aromatic heterocycles. The number of likely N-dealkylation sites (N-methyl/N-ethyl adjacent to an activating group) is 2. The van der Waals surface area contributed by atoms with Gasteiger partial charge in [0.05, 0.1) is 0 Å². The van der Waals surface area contributed by atoms with E-state index in [1.165, 1.54) is 44.1 Å². The van der Waals surface area contributed by atoms with Gasteiger partial charge in [0.1, 0.15) is 0 Å². The minimum atomic E-state index is 0.156. The van der Waals surface area contributed by atoms with E-state index in [1.54, 1.807) is 0 Å². The lowest BCUT2D eigenvalue weighted by Gasteiger charge is -2.26. The van der Waals surface area contributed by atoms with E-state index < -0.39 is 0 Å². The van der Waals surface area contributed by atoms with Gasteiger partial charge >= 0.3 is 0 Å². The average Bonchev–Trinajstić information content (AvgIpc) is 2.99. The predicted octanol–water partition coefficient (Wildman–Crippen LogP) is 4.54. The second-order valence-electron chi connectivity index (χ2n) is 7.36. The summed E-state index contributed by atoms with van der Waals surface area (Å²) in [6.45, 7) is 6.46. The normalized spacial score (nSPS) is 18.3. The van der Waals surface area contributed by atoms with Crippen molar-refractivity contribution in [2.24, 2.45) is 0 Å². The Hall–Kier alpha value is -1.35. The Labute approximate surface area is 148 Å². The number of rotatable bonds is 8. The number of amides is 1. The highest BCUT2D eigenvalue weighted by atomic mass is 16.2. The number of carbonyl (C=O) groups excluding carboxylic acids is 1. The first-order valence-corrected chi connectivity index (χ1v) is 9.62. The molecule has 0 aliphatic carbocycles. The number of likely N-dealkylation sites (tertiary alicyclic amines) is 1. The maximum absolute atomic E-state index is 12.8. The van der Waals surface area contributed by atoms with Gasteiger partial charge in [-0.1, -0.05) is 38.8 Å². The molecular weight excluding hydrogens is 296 g/mol. The van der Waals surface area contributed by atoms with Crippen molar-refractivity contribution in [3.05, 3.63) is 35.4 Å². The van der Waals surface area contributed by atoms with Gasteiger partial charge in [-0.25, -0.2) is 0 Å². The summed E-state index contributed by atoms with van der Waals surface area (Å²) >= 11 is 0. The van der Waals surface area contributed by atoms with Gasteiger partial charge in [0.25, 0.3) is 5.91 Å². The molecule has 0 radical (unpaired) electrons. The Kier molecular flexibility index (Phi) is 7.29. The molecule has 24 heavy (non-hydrogen) atoms. The van der Waals surface area contributed by atoms with Crippen LogP contribution in [0, 0.1) is 0 Å². The van der Waals surface area contributed by atoms with Crippen LogP contribution >= 0.6 is 0 Å². The molecule has 2 rings (SSSR count). The number of carbonyl (C=O) groups is 1. The fourth-order valence-corrected chi connectivity index (χ4v) is 3.93. The van der Waals surface area contributed by atoms with Crippen molar-refractivity contribution in [1.29, 1.82) is 0 Å². The first-order valence-electron chi connectivity index (χ1n) is 9.62. The van der Waals surface area contributed by atoms with Gasteiger partial charge in [-0.15, -0.1) is 0 Å². The third kappa shape index (κ3) is 4.83. The molecule has 1 aromatic rings. The van der Waals surface area contributed by atoms with E-state index in [2.05, 4.69) is 44.0 Å². The second kappa shape index (κ2) is 9.22. The van der Waals surface area contributed by atoms with Gasteiger partial charge in [-0.2, -0.15) is 0 Å². The summed E-state index contributed by atoms with van der Waals surface area (Å²) in [4.78, 5) is 17.1. The fraction of sp³-hybridized carbons (Fsp3) is 0.667. The Bertz CT molecular complexity index is 522. The lowest BCUT2D eigenvalue weighted by Crippen LogP contribution is -2.39. The van der Waals surface area contributed by atoms with E-state index in [-0.39, 0.29) is 5.91 Å². The number of benzene rings is 1. The van der Waals surface area contributed by atoms with Crippen LogP contribution in [0.3, 0.4) is 0 Å². The SMILES string of the molecule is CCCC(CCC)c1cccc(C(=O)N(C)CC2CCCN2C)c1. The average molecular weight is 331 g/mol. The van der Waals surface area contributed by atoms with Crippen LogP contribution in [-0.4, -0.2) is 48.9 Å². The summed E-state index contributed by atoms with van der Waals surface area (Å²) < 4.78 is 0. The summed E-state index contributed by atoms with van der Waals surface area (Å²) in [6, 6.07) is 8.85. The van der Waals surface area contributed by atoms with Crippen LogP contribution < -0.4 is 0 Å². The van der Waals surface area contributed by atoms with Crippen molar-refractivity contribution in [3.8, 4) is 0 Å². The summed E-state index contributed by atoms with van der Waals surface area (Å²) in [5, 5.41) is 0. The molecule has 1 amide bonds. The number of hydrogen-bond donors (Lipinski definition) is 0. The van der Waals surface area contributed by atoms with Crippen molar-refractivity contribution in [2.75, 3.05) is 27.2 Å². The molecule has 134 valence electrons. The van der Waals surface area contributed by atoms with Gasteiger partial charge in [0.2, 0.25) is 0 Å².